The lowest BCUT2D eigenvalue weighted by Crippen LogP contribution is -2.55. The molecule has 0 aromatic heterocycles. The van der Waals surface area contributed by atoms with E-state index in [1.54, 1.807) is 0 Å². The number of amides is 1. The van der Waals surface area contributed by atoms with Gasteiger partial charge in [-0.25, -0.2) is 0 Å². The predicted octanol–water partition coefficient (Wildman–Crippen LogP) is 1.69. The normalized spacial score (nSPS) is 34.2. The molecular formula is C18H32N2O3. The lowest BCUT2D eigenvalue weighted by molar-refractivity contribution is -0.124. The van der Waals surface area contributed by atoms with Crippen LogP contribution in [-0.4, -0.2) is 60.4 Å². The Hall–Kier alpha value is -0.650. The van der Waals surface area contributed by atoms with Gasteiger partial charge in [0.25, 0.3) is 0 Å². The predicted molar refractivity (Wildman–Crippen MR) is 89.2 cm³/mol. The van der Waals surface area contributed by atoms with Gasteiger partial charge in [-0.1, -0.05) is 25.7 Å². The Morgan fingerprint density at radius 3 is 2.43 bits per heavy atom. The number of rotatable bonds is 4. The molecule has 0 aromatic rings. The summed E-state index contributed by atoms with van der Waals surface area (Å²) in [5.74, 6) is 0.705. The zero-order valence-electron chi connectivity index (χ0n) is 14.2. The third-order valence-electron chi connectivity index (χ3n) is 5.88. The SMILES string of the molecule is O=C(CC1CCCC1)N[C@@H]1CCCC[C@@H](N2CCOCC2)[C@@H]1O. The summed E-state index contributed by atoms with van der Waals surface area (Å²) in [6.45, 7) is 3.29. The van der Waals surface area contributed by atoms with Crippen LogP contribution in [0, 0.1) is 5.92 Å². The molecule has 3 rings (SSSR count). The highest BCUT2D eigenvalue weighted by atomic mass is 16.5. The summed E-state index contributed by atoms with van der Waals surface area (Å²) in [7, 11) is 0. The lowest BCUT2D eigenvalue weighted by atomic mass is 9.98. The van der Waals surface area contributed by atoms with Gasteiger partial charge in [0.1, 0.15) is 0 Å². The number of ether oxygens (including phenoxy) is 1. The van der Waals surface area contributed by atoms with Crippen molar-refractivity contribution < 1.29 is 14.6 Å². The van der Waals surface area contributed by atoms with Crippen LogP contribution in [-0.2, 0) is 9.53 Å². The maximum Gasteiger partial charge on any atom is 0.220 e. The van der Waals surface area contributed by atoms with Crippen LogP contribution in [0.1, 0.15) is 57.8 Å². The van der Waals surface area contributed by atoms with Crippen molar-refractivity contribution in [1.82, 2.24) is 10.2 Å². The highest BCUT2D eigenvalue weighted by Crippen LogP contribution is 2.28. The van der Waals surface area contributed by atoms with Crippen LogP contribution in [0.25, 0.3) is 0 Å². The first-order chi connectivity index (χ1) is 11.2. The average molecular weight is 324 g/mol. The topological polar surface area (TPSA) is 61.8 Å². The maximum atomic E-state index is 12.4. The van der Waals surface area contributed by atoms with Crippen LogP contribution >= 0.6 is 0 Å². The van der Waals surface area contributed by atoms with Crippen LogP contribution < -0.4 is 5.32 Å². The molecule has 0 bridgehead atoms. The van der Waals surface area contributed by atoms with Gasteiger partial charge in [0, 0.05) is 25.6 Å². The Morgan fingerprint density at radius 1 is 1.04 bits per heavy atom. The molecular weight excluding hydrogens is 292 g/mol. The number of nitrogens with one attached hydrogen (secondary N) is 1. The molecule has 5 nitrogen and oxygen atoms in total. The minimum Gasteiger partial charge on any atom is -0.389 e. The summed E-state index contributed by atoms with van der Waals surface area (Å²) in [6.07, 6.45) is 9.25. The van der Waals surface area contributed by atoms with E-state index in [-0.39, 0.29) is 18.0 Å². The van der Waals surface area contributed by atoms with Gasteiger partial charge in [-0.3, -0.25) is 9.69 Å². The van der Waals surface area contributed by atoms with Gasteiger partial charge < -0.3 is 15.2 Å². The van der Waals surface area contributed by atoms with E-state index in [4.69, 9.17) is 4.74 Å². The quantitative estimate of drug-likeness (QED) is 0.773. The van der Waals surface area contributed by atoms with Crippen molar-refractivity contribution >= 4 is 5.91 Å². The largest absolute Gasteiger partial charge is 0.389 e. The molecule has 3 aliphatic rings. The highest BCUT2D eigenvalue weighted by Gasteiger charge is 2.35. The fourth-order valence-electron chi connectivity index (χ4n) is 4.54. The molecule has 3 fully saturated rings. The fraction of sp³-hybridized carbons (Fsp3) is 0.944. The van der Waals surface area contributed by atoms with E-state index in [1.165, 1.54) is 25.7 Å². The van der Waals surface area contributed by atoms with Crippen LogP contribution in [0.3, 0.4) is 0 Å². The van der Waals surface area contributed by atoms with Gasteiger partial charge in [0.05, 0.1) is 25.4 Å². The summed E-state index contributed by atoms with van der Waals surface area (Å²) < 4.78 is 5.43. The van der Waals surface area contributed by atoms with E-state index >= 15 is 0 Å². The Morgan fingerprint density at radius 2 is 1.70 bits per heavy atom. The molecule has 3 atom stereocenters. The van der Waals surface area contributed by atoms with E-state index in [0.29, 0.717) is 12.3 Å². The minimum absolute atomic E-state index is 0.0840. The van der Waals surface area contributed by atoms with Crippen molar-refractivity contribution in [2.75, 3.05) is 26.3 Å². The molecule has 132 valence electrons. The molecule has 0 radical (unpaired) electrons. The van der Waals surface area contributed by atoms with Crippen molar-refractivity contribution in [2.45, 2.75) is 76.0 Å². The first kappa shape index (κ1) is 17.2. The monoisotopic (exact) mass is 324 g/mol. The summed E-state index contributed by atoms with van der Waals surface area (Å²) in [5, 5.41) is 14.0. The van der Waals surface area contributed by atoms with E-state index in [0.717, 1.165) is 52.0 Å². The average Bonchev–Trinajstić information content (AvgIpc) is 3.00. The number of hydrogen-bond donors (Lipinski definition) is 2. The number of aliphatic hydroxyl groups is 1. The number of carbonyl (C=O) groups is 1. The number of nitrogens with zero attached hydrogens (tertiary/aromatic N) is 1. The molecule has 1 aliphatic heterocycles. The van der Waals surface area contributed by atoms with Gasteiger partial charge in [0.15, 0.2) is 0 Å². The molecule has 2 N–H and O–H groups in total. The Labute approximate surface area is 139 Å². The van der Waals surface area contributed by atoms with Gasteiger partial charge in [-0.05, 0) is 31.6 Å². The summed E-state index contributed by atoms with van der Waals surface area (Å²) in [5.41, 5.74) is 0. The van der Waals surface area contributed by atoms with E-state index < -0.39 is 6.10 Å². The van der Waals surface area contributed by atoms with Gasteiger partial charge in [-0.2, -0.15) is 0 Å². The fourth-order valence-corrected chi connectivity index (χ4v) is 4.54. The van der Waals surface area contributed by atoms with Crippen molar-refractivity contribution in [3.8, 4) is 0 Å². The molecule has 5 heteroatoms. The molecule has 2 saturated carbocycles. The molecule has 2 aliphatic carbocycles. The number of hydrogen-bond acceptors (Lipinski definition) is 4. The zero-order chi connectivity index (χ0) is 16.1. The second-order valence-electron chi connectivity index (χ2n) is 7.52. The van der Waals surface area contributed by atoms with Gasteiger partial charge in [0.2, 0.25) is 5.91 Å². The summed E-state index contributed by atoms with van der Waals surface area (Å²) in [6, 6.07) is 0.0810. The maximum absolute atomic E-state index is 12.4. The third-order valence-corrected chi connectivity index (χ3v) is 5.88. The van der Waals surface area contributed by atoms with Crippen molar-refractivity contribution in [3.05, 3.63) is 0 Å². The molecule has 23 heavy (non-hydrogen) atoms. The van der Waals surface area contributed by atoms with Gasteiger partial charge in [-0.15, -0.1) is 0 Å². The van der Waals surface area contributed by atoms with E-state index in [9.17, 15) is 9.90 Å². The first-order valence-corrected chi connectivity index (χ1v) is 9.53. The molecule has 0 unspecified atom stereocenters. The van der Waals surface area contributed by atoms with Crippen LogP contribution in [0.2, 0.25) is 0 Å². The second-order valence-corrected chi connectivity index (χ2v) is 7.52. The van der Waals surface area contributed by atoms with Crippen molar-refractivity contribution in [3.63, 3.8) is 0 Å². The molecule has 1 amide bonds. The number of carbonyl (C=O) groups excluding carboxylic acids is 1. The summed E-state index contributed by atoms with van der Waals surface area (Å²) in [4.78, 5) is 14.7. The lowest BCUT2D eigenvalue weighted by Gasteiger charge is -2.38. The Balaban J connectivity index is 1.55. The van der Waals surface area contributed by atoms with Crippen LogP contribution in [0.5, 0.6) is 0 Å². The first-order valence-electron chi connectivity index (χ1n) is 9.53. The molecule has 0 aromatic carbocycles. The molecule has 0 spiro atoms. The van der Waals surface area contributed by atoms with Gasteiger partial charge >= 0.3 is 0 Å². The molecule has 1 heterocycles. The minimum atomic E-state index is -0.455. The number of aliphatic hydroxyl groups excluding tert-OH is 1. The third kappa shape index (κ3) is 4.68. The smallest absolute Gasteiger partial charge is 0.220 e. The summed E-state index contributed by atoms with van der Waals surface area (Å²) >= 11 is 0. The Kier molecular flexibility index (Phi) is 6.31. The van der Waals surface area contributed by atoms with Crippen molar-refractivity contribution in [1.29, 1.82) is 0 Å². The van der Waals surface area contributed by atoms with Crippen LogP contribution in [0.15, 0.2) is 0 Å². The number of morpholine rings is 1. The second kappa shape index (κ2) is 8.45. The Bertz CT molecular complexity index is 378. The zero-order valence-corrected chi connectivity index (χ0v) is 14.2. The van der Waals surface area contributed by atoms with Crippen molar-refractivity contribution in [2.24, 2.45) is 5.92 Å². The standard InChI is InChI=1S/C18H32N2O3/c21-17(13-14-5-1-2-6-14)19-15-7-3-4-8-16(18(15)22)20-9-11-23-12-10-20/h14-16,18,22H,1-13H2,(H,19,21)/t15-,16-,18-/m1/s1. The highest BCUT2D eigenvalue weighted by molar-refractivity contribution is 5.76. The van der Waals surface area contributed by atoms with Crippen LogP contribution in [0.4, 0.5) is 0 Å². The van der Waals surface area contributed by atoms with E-state index in [2.05, 4.69) is 10.2 Å². The van der Waals surface area contributed by atoms with E-state index in [1.807, 2.05) is 0 Å². The molecule has 1 saturated heterocycles.